The zero-order valence-corrected chi connectivity index (χ0v) is 9.67. The van der Waals surface area contributed by atoms with Crippen molar-refractivity contribution in [1.82, 2.24) is 0 Å². The van der Waals surface area contributed by atoms with E-state index in [-0.39, 0.29) is 12.3 Å². The summed E-state index contributed by atoms with van der Waals surface area (Å²) in [7, 11) is 2.86. The first-order valence-corrected chi connectivity index (χ1v) is 5.21. The van der Waals surface area contributed by atoms with Gasteiger partial charge in [-0.2, -0.15) is 0 Å². The van der Waals surface area contributed by atoms with E-state index in [2.05, 4.69) is 4.74 Å². The molecule has 2 rings (SSSR count). The Kier molecular flexibility index (Phi) is 2.99. The second-order valence-corrected chi connectivity index (χ2v) is 3.71. The van der Waals surface area contributed by atoms with Crippen LogP contribution in [0.2, 0.25) is 0 Å². The molecule has 1 aliphatic heterocycles. The Morgan fingerprint density at radius 2 is 2.18 bits per heavy atom. The SMILES string of the molecule is COC(=O)C1CC(=O)N1c1cccc(OC)c1. The molecule has 1 aliphatic rings. The summed E-state index contributed by atoms with van der Waals surface area (Å²) in [6.45, 7) is 0. The number of hydrogen-bond acceptors (Lipinski definition) is 4. The third kappa shape index (κ3) is 1.95. The van der Waals surface area contributed by atoms with Crippen LogP contribution in [0.1, 0.15) is 6.42 Å². The Morgan fingerprint density at radius 3 is 2.76 bits per heavy atom. The highest BCUT2D eigenvalue weighted by atomic mass is 16.5. The van der Waals surface area contributed by atoms with Crippen molar-refractivity contribution < 1.29 is 19.1 Å². The van der Waals surface area contributed by atoms with Gasteiger partial charge in [-0.1, -0.05) is 6.07 Å². The fourth-order valence-corrected chi connectivity index (χ4v) is 1.83. The fourth-order valence-electron chi connectivity index (χ4n) is 1.83. The first kappa shape index (κ1) is 11.4. The van der Waals surface area contributed by atoms with Gasteiger partial charge in [0.25, 0.3) is 0 Å². The highest BCUT2D eigenvalue weighted by Gasteiger charge is 2.43. The largest absolute Gasteiger partial charge is 0.497 e. The molecular weight excluding hydrogens is 222 g/mol. The molecule has 0 saturated carbocycles. The average molecular weight is 235 g/mol. The average Bonchev–Trinajstić information content (AvgIpc) is 2.35. The van der Waals surface area contributed by atoms with Crippen LogP contribution in [0.3, 0.4) is 0 Å². The summed E-state index contributed by atoms with van der Waals surface area (Å²) >= 11 is 0. The maximum Gasteiger partial charge on any atom is 0.329 e. The molecule has 1 atom stereocenters. The minimum atomic E-state index is -0.514. The molecule has 5 nitrogen and oxygen atoms in total. The molecule has 0 radical (unpaired) electrons. The summed E-state index contributed by atoms with van der Waals surface area (Å²) in [6.07, 6.45) is 0.198. The van der Waals surface area contributed by atoms with Crippen molar-refractivity contribution in [3.8, 4) is 5.75 Å². The fraction of sp³-hybridized carbons (Fsp3) is 0.333. The molecule has 17 heavy (non-hydrogen) atoms. The molecule has 1 saturated heterocycles. The van der Waals surface area contributed by atoms with E-state index in [4.69, 9.17) is 4.74 Å². The van der Waals surface area contributed by atoms with E-state index in [0.29, 0.717) is 11.4 Å². The second-order valence-electron chi connectivity index (χ2n) is 3.71. The molecule has 1 aromatic rings. The Morgan fingerprint density at radius 1 is 1.41 bits per heavy atom. The van der Waals surface area contributed by atoms with Crippen LogP contribution in [0.5, 0.6) is 5.75 Å². The first-order chi connectivity index (χ1) is 8.17. The minimum absolute atomic E-state index is 0.0892. The van der Waals surface area contributed by atoms with E-state index in [0.717, 1.165) is 0 Å². The highest BCUT2D eigenvalue weighted by Crippen LogP contribution is 2.30. The lowest BCUT2D eigenvalue weighted by Crippen LogP contribution is -2.57. The standard InChI is InChI=1S/C12H13NO4/c1-16-9-5-3-4-8(6-9)13-10(7-11(13)14)12(15)17-2/h3-6,10H,7H2,1-2H3. The minimum Gasteiger partial charge on any atom is -0.497 e. The quantitative estimate of drug-likeness (QED) is 0.578. The molecule has 90 valence electrons. The Bertz CT molecular complexity index is 458. The number of carbonyl (C=O) groups excluding carboxylic acids is 2. The van der Waals surface area contributed by atoms with Crippen LogP contribution < -0.4 is 9.64 Å². The predicted octanol–water partition coefficient (Wildman–Crippen LogP) is 0.973. The molecule has 1 fully saturated rings. The van der Waals surface area contributed by atoms with Gasteiger partial charge >= 0.3 is 5.97 Å². The Balaban J connectivity index is 2.25. The lowest BCUT2D eigenvalue weighted by atomic mass is 10.0. The normalized spacial score (nSPS) is 18.6. The van der Waals surface area contributed by atoms with Crippen molar-refractivity contribution in [2.45, 2.75) is 12.5 Å². The first-order valence-electron chi connectivity index (χ1n) is 5.21. The molecule has 5 heteroatoms. The number of ether oxygens (including phenoxy) is 2. The topological polar surface area (TPSA) is 55.8 Å². The van der Waals surface area contributed by atoms with Crippen molar-refractivity contribution in [2.75, 3.05) is 19.1 Å². The van der Waals surface area contributed by atoms with Crippen molar-refractivity contribution >= 4 is 17.6 Å². The second kappa shape index (κ2) is 4.45. The zero-order valence-electron chi connectivity index (χ0n) is 9.67. The summed E-state index contributed by atoms with van der Waals surface area (Å²) < 4.78 is 9.72. The van der Waals surface area contributed by atoms with Gasteiger partial charge < -0.3 is 9.47 Å². The van der Waals surface area contributed by atoms with Crippen LogP contribution in [-0.2, 0) is 14.3 Å². The van der Waals surface area contributed by atoms with Crippen LogP contribution in [0.15, 0.2) is 24.3 Å². The van der Waals surface area contributed by atoms with Gasteiger partial charge in [0.05, 0.1) is 20.6 Å². The molecule has 0 aliphatic carbocycles. The smallest absolute Gasteiger partial charge is 0.329 e. The number of hydrogen-bond donors (Lipinski definition) is 0. The lowest BCUT2D eigenvalue weighted by Gasteiger charge is -2.38. The molecule has 0 N–H and O–H groups in total. The summed E-state index contributed by atoms with van der Waals surface area (Å²) in [6, 6.07) is 6.51. The van der Waals surface area contributed by atoms with Crippen molar-refractivity contribution in [3.63, 3.8) is 0 Å². The van der Waals surface area contributed by atoms with Crippen LogP contribution in [0.4, 0.5) is 5.69 Å². The highest BCUT2D eigenvalue weighted by molar-refractivity contribution is 6.08. The summed E-state index contributed by atoms with van der Waals surface area (Å²) in [5, 5.41) is 0. The van der Waals surface area contributed by atoms with Crippen molar-refractivity contribution in [3.05, 3.63) is 24.3 Å². The number of carbonyl (C=O) groups is 2. The van der Waals surface area contributed by atoms with E-state index in [1.807, 2.05) is 0 Å². The van der Waals surface area contributed by atoms with E-state index in [1.165, 1.54) is 12.0 Å². The maximum absolute atomic E-state index is 11.5. The number of benzene rings is 1. The van der Waals surface area contributed by atoms with Crippen molar-refractivity contribution in [2.24, 2.45) is 0 Å². The Hall–Kier alpha value is -2.04. The monoisotopic (exact) mass is 235 g/mol. The molecule has 1 aromatic carbocycles. The molecule has 0 aromatic heterocycles. The van der Waals surface area contributed by atoms with E-state index < -0.39 is 12.0 Å². The number of anilines is 1. The van der Waals surface area contributed by atoms with E-state index in [1.54, 1.807) is 31.4 Å². The summed E-state index contributed by atoms with van der Waals surface area (Å²) in [5.41, 5.74) is 0.649. The van der Waals surface area contributed by atoms with Gasteiger partial charge in [0.2, 0.25) is 5.91 Å². The number of esters is 1. The van der Waals surface area contributed by atoms with Crippen LogP contribution in [0.25, 0.3) is 0 Å². The van der Waals surface area contributed by atoms with Crippen LogP contribution >= 0.6 is 0 Å². The van der Waals surface area contributed by atoms with Gasteiger partial charge in [-0.25, -0.2) is 4.79 Å². The zero-order chi connectivity index (χ0) is 12.4. The molecular formula is C12H13NO4. The molecule has 0 spiro atoms. The lowest BCUT2D eigenvalue weighted by molar-refractivity contribution is -0.148. The van der Waals surface area contributed by atoms with Gasteiger partial charge in [0.15, 0.2) is 0 Å². The van der Waals surface area contributed by atoms with E-state index in [9.17, 15) is 9.59 Å². The summed E-state index contributed by atoms with van der Waals surface area (Å²) in [5.74, 6) is 0.159. The third-order valence-electron chi connectivity index (χ3n) is 2.75. The van der Waals surface area contributed by atoms with Gasteiger partial charge in [-0.05, 0) is 12.1 Å². The number of rotatable bonds is 3. The van der Waals surface area contributed by atoms with Crippen LogP contribution in [-0.4, -0.2) is 32.1 Å². The Labute approximate surface area is 98.9 Å². The molecule has 1 amide bonds. The van der Waals surface area contributed by atoms with Gasteiger partial charge in [0, 0.05) is 11.8 Å². The van der Waals surface area contributed by atoms with E-state index >= 15 is 0 Å². The number of methoxy groups -OCH3 is 2. The van der Waals surface area contributed by atoms with Gasteiger partial charge in [0.1, 0.15) is 11.8 Å². The van der Waals surface area contributed by atoms with Gasteiger partial charge in [-0.3, -0.25) is 9.69 Å². The number of amides is 1. The maximum atomic E-state index is 11.5. The number of nitrogens with zero attached hydrogens (tertiary/aromatic N) is 1. The number of β-lactam (4-membered cyclic amide) rings is 1. The third-order valence-corrected chi connectivity index (χ3v) is 2.75. The summed E-state index contributed by atoms with van der Waals surface area (Å²) in [4.78, 5) is 24.4. The van der Waals surface area contributed by atoms with Gasteiger partial charge in [-0.15, -0.1) is 0 Å². The molecule has 0 bridgehead atoms. The molecule has 1 heterocycles. The van der Waals surface area contributed by atoms with Crippen LogP contribution in [0, 0.1) is 0 Å². The predicted molar refractivity (Wildman–Crippen MR) is 60.9 cm³/mol. The van der Waals surface area contributed by atoms with Crippen molar-refractivity contribution in [1.29, 1.82) is 0 Å². The molecule has 1 unspecified atom stereocenters.